The number of nitrogens with zero attached hydrogens (tertiary/aromatic N) is 4. The third-order valence-corrected chi connectivity index (χ3v) is 4.46. The molecule has 0 aliphatic carbocycles. The van der Waals surface area contributed by atoms with Crippen LogP contribution in [0.15, 0.2) is 12.4 Å². The maximum absolute atomic E-state index is 12.8. The van der Waals surface area contributed by atoms with E-state index in [1.807, 2.05) is 25.2 Å². The molecule has 0 spiro atoms. The van der Waals surface area contributed by atoms with Gasteiger partial charge in [-0.1, -0.05) is 20.8 Å². The number of piperazine rings is 1. The van der Waals surface area contributed by atoms with Crippen LogP contribution in [-0.2, 0) is 11.8 Å². The number of aromatic nitrogens is 2. The van der Waals surface area contributed by atoms with E-state index >= 15 is 0 Å². The van der Waals surface area contributed by atoms with E-state index in [0.29, 0.717) is 5.41 Å². The maximum Gasteiger partial charge on any atom is 0.244 e. The van der Waals surface area contributed by atoms with Crippen molar-refractivity contribution in [2.24, 2.45) is 12.5 Å². The molecule has 146 valence electrons. The lowest BCUT2D eigenvalue weighted by atomic mass is 9.92. The van der Waals surface area contributed by atoms with Gasteiger partial charge in [-0.3, -0.25) is 14.4 Å². The van der Waals surface area contributed by atoms with Crippen LogP contribution in [0.5, 0.6) is 0 Å². The Labute approximate surface area is 164 Å². The first kappa shape index (κ1) is 24.2. The summed E-state index contributed by atoms with van der Waals surface area (Å²) in [6, 6.07) is -0.301. The summed E-state index contributed by atoms with van der Waals surface area (Å²) in [6.07, 6.45) is 4.85. The highest BCUT2D eigenvalue weighted by molar-refractivity contribution is 5.85. The Hall–Kier alpha value is -0.820. The van der Waals surface area contributed by atoms with E-state index < -0.39 is 0 Å². The van der Waals surface area contributed by atoms with Crippen molar-refractivity contribution < 1.29 is 4.79 Å². The molecule has 0 aromatic carbocycles. The van der Waals surface area contributed by atoms with Crippen molar-refractivity contribution in [2.75, 3.05) is 39.8 Å². The highest BCUT2D eigenvalue weighted by Gasteiger charge is 2.28. The first-order chi connectivity index (χ1) is 10.8. The number of hydrogen-bond acceptors (Lipinski definition) is 4. The maximum atomic E-state index is 12.8. The smallest absolute Gasteiger partial charge is 0.244 e. The molecule has 1 aliphatic rings. The minimum Gasteiger partial charge on any atom is -0.338 e. The van der Waals surface area contributed by atoms with Crippen LogP contribution in [-0.4, -0.2) is 65.3 Å². The van der Waals surface area contributed by atoms with Crippen LogP contribution in [0, 0.1) is 5.41 Å². The molecule has 2 heterocycles. The number of carbonyl (C=O) groups excluding carboxylic acids is 1. The topological polar surface area (TPSA) is 53.4 Å². The van der Waals surface area contributed by atoms with Gasteiger partial charge < -0.3 is 10.2 Å². The van der Waals surface area contributed by atoms with Gasteiger partial charge in [0.25, 0.3) is 0 Å². The third-order valence-electron chi connectivity index (χ3n) is 4.46. The lowest BCUT2D eigenvalue weighted by Gasteiger charge is -2.37. The number of carbonyl (C=O) groups is 1. The predicted octanol–water partition coefficient (Wildman–Crippen LogP) is 2.10. The molecule has 0 saturated carbocycles. The van der Waals surface area contributed by atoms with Gasteiger partial charge in [0, 0.05) is 45.0 Å². The van der Waals surface area contributed by atoms with Crippen molar-refractivity contribution in [3.05, 3.63) is 18.0 Å². The molecule has 1 amide bonds. The minimum atomic E-state index is -0.301. The molecule has 25 heavy (non-hydrogen) atoms. The summed E-state index contributed by atoms with van der Waals surface area (Å²) in [7, 11) is 3.70. The third kappa shape index (κ3) is 7.13. The van der Waals surface area contributed by atoms with Crippen molar-refractivity contribution in [3.63, 3.8) is 0 Å². The highest BCUT2D eigenvalue weighted by Crippen LogP contribution is 2.20. The summed E-state index contributed by atoms with van der Waals surface area (Å²) >= 11 is 0. The van der Waals surface area contributed by atoms with E-state index in [0.717, 1.165) is 38.3 Å². The SMILES string of the molecule is CNC(C(=O)N1CCN(CCC(C)(C)C)CC1)c1cnn(C)c1.Cl.Cl. The summed E-state index contributed by atoms with van der Waals surface area (Å²) in [6.45, 7) is 11.5. The first-order valence-corrected chi connectivity index (χ1v) is 8.47. The zero-order chi connectivity index (χ0) is 17.0. The summed E-state index contributed by atoms with van der Waals surface area (Å²) in [5.41, 5.74) is 1.29. The van der Waals surface area contributed by atoms with Crippen molar-refractivity contribution in [3.8, 4) is 0 Å². The Bertz CT molecular complexity index is 521. The van der Waals surface area contributed by atoms with E-state index in [1.54, 1.807) is 10.9 Å². The van der Waals surface area contributed by atoms with Gasteiger partial charge in [-0.15, -0.1) is 24.8 Å². The molecule has 1 fully saturated rings. The summed E-state index contributed by atoms with van der Waals surface area (Å²) in [5, 5.41) is 7.30. The van der Waals surface area contributed by atoms with Crippen LogP contribution >= 0.6 is 24.8 Å². The van der Waals surface area contributed by atoms with Gasteiger partial charge in [-0.2, -0.15) is 5.10 Å². The van der Waals surface area contributed by atoms with E-state index in [1.165, 1.54) is 6.42 Å². The van der Waals surface area contributed by atoms with Crippen LogP contribution in [0.1, 0.15) is 38.8 Å². The molecule has 0 bridgehead atoms. The fourth-order valence-electron chi connectivity index (χ4n) is 2.89. The van der Waals surface area contributed by atoms with Crippen LogP contribution in [0.3, 0.4) is 0 Å². The quantitative estimate of drug-likeness (QED) is 0.831. The monoisotopic (exact) mass is 393 g/mol. The fourth-order valence-corrected chi connectivity index (χ4v) is 2.89. The zero-order valence-electron chi connectivity index (χ0n) is 16.0. The summed E-state index contributed by atoms with van der Waals surface area (Å²) in [4.78, 5) is 17.2. The Morgan fingerprint density at radius 3 is 2.28 bits per heavy atom. The van der Waals surface area contributed by atoms with Crippen molar-refractivity contribution >= 4 is 30.7 Å². The van der Waals surface area contributed by atoms with Gasteiger partial charge in [0.05, 0.1) is 6.20 Å². The molecule has 0 radical (unpaired) electrons. The molecule has 1 unspecified atom stereocenters. The van der Waals surface area contributed by atoms with Crippen molar-refractivity contribution in [1.29, 1.82) is 0 Å². The van der Waals surface area contributed by atoms with Gasteiger partial charge in [0.1, 0.15) is 6.04 Å². The van der Waals surface area contributed by atoms with Crippen LogP contribution < -0.4 is 5.32 Å². The summed E-state index contributed by atoms with van der Waals surface area (Å²) < 4.78 is 1.73. The van der Waals surface area contributed by atoms with E-state index in [-0.39, 0.29) is 36.8 Å². The molecule has 1 atom stereocenters. The van der Waals surface area contributed by atoms with Crippen LogP contribution in [0.4, 0.5) is 0 Å². The average Bonchev–Trinajstić information content (AvgIpc) is 2.92. The number of likely N-dealkylation sites (N-methyl/N-ethyl adjacent to an activating group) is 1. The van der Waals surface area contributed by atoms with Gasteiger partial charge in [0.15, 0.2) is 0 Å². The lowest BCUT2D eigenvalue weighted by molar-refractivity contribution is -0.135. The minimum absolute atomic E-state index is 0. The van der Waals surface area contributed by atoms with Gasteiger partial charge in [-0.05, 0) is 25.4 Å². The number of aryl methyl sites for hydroxylation is 1. The Kier molecular flexibility index (Phi) is 10.0. The number of halogens is 2. The number of nitrogens with one attached hydrogen (secondary N) is 1. The Balaban J connectivity index is 0.00000288. The number of hydrogen-bond donors (Lipinski definition) is 1. The molecule has 8 heteroatoms. The zero-order valence-corrected chi connectivity index (χ0v) is 17.6. The van der Waals surface area contributed by atoms with E-state index in [4.69, 9.17) is 0 Å². The molecule has 6 nitrogen and oxygen atoms in total. The largest absolute Gasteiger partial charge is 0.338 e. The second kappa shape index (κ2) is 10.4. The average molecular weight is 394 g/mol. The van der Waals surface area contributed by atoms with Gasteiger partial charge in [-0.25, -0.2) is 0 Å². The lowest BCUT2D eigenvalue weighted by Crippen LogP contribution is -2.51. The molecule has 1 aromatic rings. The summed E-state index contributed by atoms with van der Waals surface area (Å²) in [5.74, 6) is 0.149. The molecule has 2 rings (SSSR count). The standard InChI is InChI=1S/C17H31N5O.2ClH/c1-17(2,3)6-7-21-8-10-22(11-9-21)16(23)15(18-4)14-12-19-20(5)13-14;;/h12-13,15,18H,6-11H2,1-5H3;2*1H. The van der Waals surface area contributed by atoms with E-state index in [9.17, 15) is 4.79 Å². The molecular formula is C17H33Cl2N5O. The Morgan fingerprint density at radius 2 is 1.84 bits per heavy atom. The van der Waals surface area contributed by atoms with Crippen molar-refractivity contribution in [1.82, 2.24) is 24.9 Å². The van der Waals surface area contributed by atoms with E-state index in [2.05, 4.69) is 36.1 Å². The van der Waals surface area contributed by atoms with Crippen LogP contribution in [0.2, 0.25) is 0 Å². The molecule has 1 saturated heterocycles. The molecule has 1 N–H and O–H groups in total. The fraction of sp³-hybridized carbons (Fsp3) is 0.765. The van der Waals surface area contributed by atoms with Crippen molar-refractivity contribution in [2.45, 2.75) is 33.2 Å². The predicted molar refractivity (Wildman–Crippen MR) is 107 cm³/mol. The first-order valence-electron chi connectivity index (χ1n) is 8.47. The van der Waals surface area contributed by atoms with Gasteiger partial charge >= 0.3 is 0 Å². The normalized spacial score (nSPS) is 16.8. The number of rotatable bonds is 5. The van der Waals surface area contributed by atoms with Gasteiger partial charge in [0.2, 0.25) is 5.91 Å². The highest BCUT2D eigenvalue weighted by atomic mass is 35.5. The second-order valence-electron chi connectivity index (χ2n) is 7.65. The number of amides is 1. The second-order valence-corrected chi connectivity index (χ2v) is 7.65. The molecule has 1 aromatic heterocycles. The molecule has 1 aliphatic heterocycles. The Morgan fingerprint density at radius 1 is 1.24 bits per heavy atom. The molecular weight excluding hydrogens is 361 g/mol. The van der Waals surface area contributed by atoms with Crippen LogP contribution in [0.25, 0.3) is 0 Å².